The predicted octanol–water partition coefficient (Wildman–Crippen LogP) is 3.95. The highest BCUT2D eigenvalue weighted by Gasteiger charge is 2.27. The van der Waals surface area contributed by atoms with Crippen molar-refractivity contribution < 1.29 is 14.3 Å². The zero-order chi connectivity index (χ0) is 21.4. The highest BCUT2D eigenvalue weighted by Crippen LogP contribution is 2.37. The maximum Gasteiger partial charge on any atom is 0.261 e. The molecule has 8 heteroatoms. The molecule has 7 nitrogen and oxygen atoms in total. The Balaban J connectivity index is 1.34. The van der Waals surface area contributed by atoms with Crippen LogP contribution in [-0.4, -0.2) is 47.7 Å². The van der Waals surface area contributed by atoms with Crippen LogP contribution in [-0.2, 0) is 0 Å². The first kappa shape index (κ1) is 20.1. The lowest BCUT2D eigenvalue weighted by atomic mass is 10.0. The Bertz CT molecular complexity index is 1120. The third-order valence-electron chi connectivity index (χ3n) is 6.05. The van der Waals surface area contributed by atoms with Crippen LogP contribution in [0, 0.1) is 6.92 Å². The van der Waals surface area contributed by atoms with Gasteiger partial charge in [-0.05, 0) is 50.8 Å². The Morgan fingerprint density at radius 2 is 2.10 bits per heavy atom. The van der Waals surface area contributed by atoms with Crippen LogP contribution < -0.4 is 19.7 Å². The number of thiophene rings is 1. The van der Waals surface area contributed by atoms with E-state index in [-0.39, 0.29) is 12.0 Å². The van der Waals surface area contributed by atoms with E-state index in [1.807, 2.05) is 31.2 Å². The van der Waals surface area contributed by atoms with E-state index < -0.39 is 0 Å². The maximum absolute atomic E-state index is 13.0. The Morgan fingerprint density at radius 1 is 1.26 bits per heavy atom. The van der Waals surface area contributed by atoms with Crippen LogP contribution >= 0.6 is 11.3 Å². The Labute approximate surface area is 185 Å². The van der Waals surface area contributed by atoms with Gasteiger partial charge in [-0.25, -0.2) is 9.97 Å². The number of fused-ring (bicyclic) bond motifs is 2. The molecule has 2 unspecified atom stereocenters. The summed E-state index contributed by atoms with van der Waals surface area (Å²) in [4.78, 5) is 26.0. The molecule has 0 saturated carbocycles. The maximum atomic E-state index is 13.0. The van der Waals surface area contributed by atoms with Gasteiger partial charge in [0.25, 0.3) is 5.91 Å². The largest absolute Gasteiger partial charge is 0.486 e. The predicted molar refractivity (Wildman–Crippen MR) is 121 cm³/mol. The lowest BCUT2D eigenvalue weighted by molar-refractivity contribution is 0.0791. The SMILES string of the molecule is Cc1c(C(=O)NCC2COc3ccccc3O2)sc2ncnc(N3CCCCC3C)c12. The summed E-state index contributed by atoms with van der Waals surface area (Å²) in [6, 6.07) is 8.02. The number of carbonyl (C=O) groups excluding carboxylic acids is 1. The average molecular weight is 439 g/mol. The minimum Gasteiger partial charge on any atom is -0.486 e. The van der Waals surface area contributed by atoms with Crippen LogP contribution in [0.1, 0.15) is 41.4 Å². The van der Waals surface area contributed by atoms with Crippen molar-refractivity contribution in [3.8, 4) is 11.5 Å². The van der Waals surface area contributed by atoms with Gasteiger partial charge in [-0.1, -0.05) is 12.1 Å². The lowest BCUT2D eigenvalue weighted by Gasteiger charge is -2.34. The van der Waals surface area contributed by atoms with E-state index in [0.29, 0.717) is 29.8 Å². The van der Waals surface area contributed by atoms with Gasteiger partial charge in [0, 0.05) is 12.6 Å². The molecule has 2 aliphatic heterocycles. The third-order valence-corrected chi connectivity index (χ3v) is 7.24. The van der Waals surface area contributed by atoms with Crippen LogP contribution in [0.4, 0.5) is 5.82 Å². The van der Waals surface area contributed by atoms with Crippen LogP contribution in [0.15, 0.2) is 30.6 Å². The highest BCUT2D eigenvalue weighted by molar-refractivity contribution is 7.20. The van der Waals surface area contributed by atoms with E-state index >= 15 is 0 Å². The second kappa shape index (κ2) is 8.34. The van der Waals surface area contributed by atoms with Crippen molar-refractivity contribution >= 4 is 33.3 Å². The number of ether oxygens (including phenoxy) is 2. The molecule has 3 aromatic rings. The number of carbonyl (C=O) groups is 1. The van der Waals surface area contributed by atoms with Crippen LogP contribution in [0.25, 0.3) is 10.2 Å². The van der Waals surface area contributed by atoms with Gasteiger partial charge in [0.2, 0.25) is 0 Å². The summed E-state index contributed by atoms with van der Waals surface area (Å²) in [5.74, 6) is 2.29. The van der Waals surface area contributed by atoms with E-state index in [4.69, 9.17) is 9.47 Å². The summed E-state index contributed by atoms with van der Waals surface area (Å²) in [5.41, 5.74) is 0.942. The fourth-order valence-electron chi connectivity index (χ4n) is 4.35. The molecule has 162 valence electrons. The van der Waals surface area contributed by atoms with Gasteiger partial charge in [0.15, 0.2) is 11.5 Å². The molecule has 0 bridgehead atoms. The summed E-state index contributed by atoms with van der Waals surface area (Å²) in [5, 5.41) is 4.01. The third kappa shape index (κ3) is 3.80. The van der Waals surface area contributed by atoms with Gasteiger partial charge in [-0.3, -0.25) is 4.79 Å². The van der Waals surface area contributed by atoms with Crippen molar-refractivity contribution in [3.05, 3.63) is 41.0 Å². The molecule has 0 spiro atoms. The van der Waals surface area contributed by atoms with Crippen molar-refractivity contribution in [2.45, 2.75) is 45.3 Å². The first-order chi connectivity index (χ1) is 15.1. The zero-order valence-electron chi connectivity index (χ0n) is 17.8. The standard InChI is InChI=1S/C23H26N4O3S/c1-14-7-5-6-10-27(14)21-19-15(2)20(31-23(19)26-13-25-21)22(28)24-11-16-12-29-17-8-3-4-9-18(17)30-16/h3-4,8-9,13-14,16H,5-7,10-12H2,1-2H3,(H,24,28). The number of amides is 1. The number of nitrogens with zero attached hydrogens (tertiary/aromatic N) is 3. The first-order valence-corrected chi connectivity index (χ1v) is 11.6. The minimum atomic E-state index is -0.224. The first-order valence-electron chi connectivity index (χ1n) is 10.8. The molecule has 1 aromatic carbocycles. The molecule has 1 amide bonds. The number of aromatic nitrogens is 2. The van der Waals surface area contributed by atoms with Crippen molar-refractivity contribution in [3.63, 3.8) is 0 Å². The Kier molecular flexibility index (Phi) is 5.40. The second-order valence-corrected chi connectivity index (χ2v) is 9.18. The molecule has 2 atom stereocenters. The molecule has 5 rings (SSSR count). The number of benzene rings is 1. The molecule has 0 aliphatic carbocycles. The van der Waals surface area contributed by atoms with Crippen molar-refractivity contribution in [1.29, 1.82) is 0 Å². The lowest BCUT2D eigenvalue weighted by Crippen LogP contribution is -2.40. The topological polar surface area (TPSA) is 76.6 Å². The summed E-state index contributed by atoms with van der Waals surface area (Å²) in [6.45, 7) is 6.01. The molecule has 31 heavy (non-hydrogen) atoms. The fourth-order valence-corrected chi connectivity index (χ4v) is 5.41. The van der Waals surface area contributed by atoms with E-state index in [2.05, 4.69) is 27.1 Å². The molecular formula is C23H26N4O3S. The quantitative estimate of drug-likeness (QED) is 0.665. The van der Waals surface area contributed by atoms with E-state index in [1.165, 1.54) is 24.2 Å². The number of aryl methyl sites for hydroxylation is 1. The van der Waals surface area contributed by atoms with Gasteiger partial charge in [-0.15, -0.1) is 11.3 Å². The van der Waals surface area contributed by atoms with Crippen LogP contribution in [0.3, 0.4) is 0 Å². The van der Waals surface area contributed by atoms with Gasteiger partial charge < -0.3 is 19.7 Å². The number of nitrogens with one attached hydrogen (secondary N) is 1. The Morgan fingerprint density at radius 3 is 2.94 bits per heavy atom. The fraction of sp³-hybridized carbons (Fsp3) is 0.435. The summed E-state index contributed by atoms with van der Waals surface area (Å²) in [6.07, 6.45) is 4.96. The Hall–Kier alpha value is -2.87. The number of hydrogen-bond acceptors (Lipinski definition) is 7. The zero-order valence-corrected chi connectivity index (χ0v) is 18.6. The van der Waals surface area contributed by atoms with Crippen molar-refractivity contribution in [2.24, 2.45) is 0 Å². The number of anilines is 1. The molecule has 1 saturated heterocycles. The average Bonchev–Trinajstić information content (AvgIpc) is 3.14. The van der Waals surface area contributed by atoms with Gasteiger partial charge in [0.1, 0.15) is 29.7 Å². The molecule has 1 N–H and O–H groups in total. The summed E-state index contributed by atoms with van der Waals surface area (Å²) >= 11 is 1.42. The monoisotopic (exact) mass is 438 g/mol. The summed E-state index contributed by atoms with van der Waals surface area (Å²) < 4.78 is 11.7. The highest BCUT2D eigenvalue weighted by atomic mass is 32.1. The van der Waals surface area contributed by atoms with Gasteiger partial charge in [0.05, 0.1) is 16.8 Å². The summed E-state index contributed by atoms with van der Waals surface area (Å²) in [7, 11) is 0. The number of hydrogen-bond donors (Lipinski definition) is 1. The molecule has 4 heterocycles. The number of para-hydroxylation sites is 2. The molecular weight excluding hydrogens is 412 g/mol. The van der Waals surface area contributed by atoms with Gasteiger partial charge >= 0.3 is 0 Å². The number of piperidine rings is 1. The molecule has 1 fully saturated rings. The minimum absolute atomic E-state index is 0.111. The van der Waals surface area contributed by atoms with Crippen LogP contribution in [0.2, 0.25) is 0 Å². The van der Waals surface area contributed by atoms with E-state index in [0.717, 1.165) is 40.3 Å². The van der Waals surface area contributed by atoms with Crippen LogP contribution in [0.5, 0.6) is 11.5 Å². The van der Waals surface area contributed by atoms with Crippen molar-refractivity contribution in [1.82, 2.24) is 15.3 Å². The molecule has 2 aliphatic rings. The number of rotatable bonds is 4. The molecule has 0 radical (unpaired) electrons. The normalized spacial score (nSPS) is 20.6. The van der Waals surface area contributed by atoms with E-state index in [1.54, 1.807) is 6.33 Å². The smallest absolute Gasteiger partial charge is 0.261 e. The van der Waals surface area contributed by atoms with E-state index in [9.17, 15) is 4.79 Å². The molecule has 2 aromatic heterocycles. The second-order valence-electron chi connectivity index (χ2n) is 8.18. The van der Waals surface area contributed by atoms with Gasteiger partial charge in [-0.2, -0.15) is 0 Å². The van der Waals surface area contributed by atoms with Crippen molar-refractivity contribution in [2.75, 3.05) is 24.6 Å².